The Labute approximate surface area is 106 Å². The van der Waals surface area contributed by atoms with Crippen molar-refractivity contribution < 1.29 is 14.3 Å². The van der Waals surface area contributed by atoms with Gasteiger partial charge in [-0.3, -0.25) is 4.79 Å². The predicted molar refractivity (Wildman–Crippen MR) is 66.0 cm³/mol. The number of carbonyl (C=O) groups is 2. The van der Waals surface area contributed by atoms with Gasteiger partial charge in [0.05, 0.1) is 7.11 Å². The van der Waals surface area contributed by atoms with E-state index in [0.29, 0.717) is 5.56 Å². The Kier molecular flexibility index (Phi) is 6.93. The number of esters is 1. The first-order chi connectivity index (χ1) is 7.69. The van der Waals surface area contributed by atoms with Crippen molar-refractivity contribution in [3.8, 4) is 0 Å². The normalized spacial score (nSPS) is 10.9. The minimum absolute atomic E-state index is 0. The molecule has 1 rings (SSSR count). The summed E-state index contributed by atoms with van der Waals surface area (Å²) in [5.41, 5.74) is 5.84. The summed E-state index contributed by atoms with van der Waals surface area (Å²) in [7, 11) is 1.25. The summed E-state index contributed by atoms with van der Waals surface area (Å²) in [6.45, 7) is 0.00521. The molecule has 0 aliphatic carbocycles. The van der Waals surface area contributed by atoms with Crippen molar-refractivity contribution >= 4 is 24.3 Å². The number of nitrogens with one attached hydrogen (secondary N) is 1. The predicted octanol–water partition coefficient (Wildman–Crippen LogP) is 0.339. The van der Waals surface area contributed by atoms with Gasteiger partial charge in [0, 0.05) is 12.1 Å². The Morgan fingerprint density at radius 2 is 1.94 bits per heavy atom. The highest BCUT2D eigenvalue weighted by molar-refractivity contribution is 5.96. The standard InChI is InChI=1S/C11H14N2O3.ClH/c1-16-11(15)9(7-12)13-10(14)8-5-3-2-4-6-8;/h2-6,9H,7,12H2,1H3,(H,13,14);1H/t9-;/m0./s1. The maximum Gasteiger partial charge on any atom is 0.329 e. The van der Waals surface area contributed by atoms with Crippen LogP contribution in [-0.2, 0) is 9.53 Å². The maximum atomic E-state index is 11.7. The highest BCUT2D eigenvalue weighted by Crippen LogP contribution is 1.99. The summed E-state index contributed by atoms with van der Waals surface area (Å²) in [5, 5.41) is 2.50. The molecular weight excluding hydrogens is 244 g/mol. The van der Waals surface area contributed by atoms with Gasteiger partial charge in [-0.15, -0.1) is 12.4 Å². The van der Waals surface area contributed by atoms with Gasteiger partial charge in [0.25, 0.3) is 5.91 Å². The molecule has 0 aromatic heterocycles. The summed E-state index contributed by atoms with van der Waals surface area (Å²) in [6.07, 6.45) is 0. The zero-order chi connectivity index (χ0) is 12.0. The van der Waals surface area contributed by atoms with E-state index >= 15 is 0 Å². The van der Waals surface area contributed by atoms with Crippen LogP contribution < -0.4 is 11.1 Å². The summed E-state index contributed by atoms with van der Waals surface area (Å²) in [5.74, 6) is -0.895. The third-order valence-corrected chi connectivity index (χ3v) is 2.06. The molecule has 0 heterocycles. The lowest BCUT2D eigenvalue weighted by Crippen LogP contribution is -2.46. The molecule has 5 nitrogen and oxygen atoms in total. The average Bonchev–Trinajstić information content (AvgIpc) is 2.35. The molecule has 0 radical (unpaired) electrons. The van der Waals surface area contributed by atoms with Gasteiger partial charge in [0.2, 0.25) is 0 Å². The molecule has 1 amide bonds. The average molecular weight is 259 g/mol. The second kappa shape index (κ2) is 7.65. The van der Waals surface area contributed by atoms with E-state index < -0.39 is 12.0 Å². The first-order valence-corrected chi connectivity index (χ1v) is 4.83. The number of benzene rings is 1. The molecule has 1 atom stereocenters. The van der Waals surface area contributed by atoms with Crippen LogP contribution in [0.25, 0.3) is 0 Å². The quantitative estimate of drug-likeness (QED) is 0.763. The van der Waals surface area contributed by atoms with E-state index in [1.807, 2.05) is 0 Å². The minimum Gasteiger partial charge on any atom is -0.467 e. The lowest BCUT2D eigenvalue weighted by Gasteiger charge is -2.14. The number of carbonyl (C=O) groups excluding carboxylic acids is 2. The van der Waals surface area contributed by atoms with Crippen LogP contribution >= 0.6 is 12.4 Å². The Balaban J connectivity index is 0.00000256. The van der Waals surface area contributed by atoms with Crippen molar-refractivity contribution in [3.05, 3.63) is 35.9 Å². The van der Waals surface area contributed by atoms with E-state index in [-0.39, 0.29) is 24.9 Å². The molecule has 0 bridgehead atoms. The molecule has 1 aromatic rings. The van der Waals surface area contributed by atoms with E-state index in [2.05, 4.69) is 10.1 Å². The fourth-order valence-electron chi connectivity index (χ4n) is 1.19. The van der Waals surface area contributed by atoms with Crippen LogP contribution in [0.1, 0.15) is 10.4 Å². The largest absolute Gasteiger partial charge is 0.467 e. The van der Waals surface area contributed by atoms with Crippen molar-refractivity contribution in [1.29, 1.82) is 0 Å². The van der Waals surface area contributed by atoms with E-state index in [9.17, 15) is 9.59 Å². The van der Waals surface area contributed by atoms with Gasteiger partial charge in [0.1, 0.15) is 6.04 Å². The molecule has 0 saturated heterocycles. The Morgan fingerprint density at radius 3 is 2.41 bits per heavy atom. The fourth-order valence-corrected chi connectivity index (χ4v) is 1.19. The van der Waals surface area contributed by atoms with E-state index in [0.717, 1.165) is 0 Å². The molecule has 1 aromatic carbocycles. The van der Waals surface area contributed by atoms with Crippen molar-refractivity contribution in [3.63, 3.8) is 0 Å². The molecule has 0 saturated carbocycles. The third-order valence-electron chi connectivity index (χ3n) is 2.06. The highest BCUT2D eigenvalue weighted by Gasteiger charge is 2.19. The van der Waals surface area contributed by atoms with Crippen molar-refractivity contribution in [2.24, 2.45) is 5.73 Å². The smallest absolute Gasteiger partial charge is 0.329 e. The molecular formula is C11H15ClN2O3. The van der Waals surface area contributed by atoms with Crippen LogP contribution in [0.3, 0.4) is 0 Å². The van der Waals surface area contributed by atoms with E-state index in [1.54, 1.807) is 30.3 Å². The molecule has 0 unspecified atom stereocenters. The number of methoxy groups -OCH3 is 1. The van der Waals surface area contributed by atoms with Crippen LogP contribution in [0.15, 0.2) is 30.3 Å². The number of ether oxygens (including phenoxy) is 1. The number of amides is 1. The van der Waals surface area contributed by atoms with Gasteiger partial charge >= 0.3 is 5.97 Å². The molecule has 17 heavy (non-hydrogen) atoms. The van der Waals surface area contributed by atoms with Crippen LogP contribution in [-0.4, -0.2) is 31.6 Å². The van der Waals surface area contributed by atoms with Crippen LogP contribution in [0, 0.1) is 0 Å². The number of hydrogen-bond donors (Lipinski definition) is 2. The van der Waals surface area contributed by atoms with Crippen molar-refractivity contribution in [1.82, 2.24) is 5.32 Å². The molecule has 3 N–H and O–H groups in total. The maximum absolute atomic E-state index is 11.7. The molecule has 6 heteroatoms. The monoisotopic (exact) mass is 258 g/mol. The van der Waals surface area contributed by atoms with Gasteiger partial charge in [-0.05, 0) is 12.1 Å². The van der Waals surface area contributed by atoms with Gasteiger partial charge in [-0.2, -0.15) is 0 Å². The van der Waals surface area contributed by atoms with Crippen LogP contribution in [0.4, 0.5) is 0 Å². The van der Waals surface area contributed by atoms with E-state index in [1.165, 1.54) is 7.11 Å². The Hall–Kier alpha value is -1.59. The summed E-state index contributed by atoms with van der Waals surface area (Å²) in [6, 6.07) is 7.78. The van der Waals surface area contributed by atoms with E-state index in [4.69, 9.17) is 5.73 Å². The first-order valence-electron chi connectivity index (χ1n) is 4.83. The lowest BCUT2D eigenvalue weighted by molar-refractivity contribution is -0.142. The Bertz CT molecular complexity index is 370. The summed E-state index contributed by atoms with van der Waals surface area (Å²) in [4.78, 5) is 22.9. The molecule has 0 spiro atoms. The number of halogens is 1. The SMILES string of the molecule is COC(=O)[C@H](CN)NC(=O)c1ccccc1.Cl. The molecule has 0 fully saturated rings. The number of nitrogens with two attached hydrogens (primary N) is 1. The van der Waals surface area contributed by atoms with Crippen LogP contribution in [0.5, 0.6) is 0 Å². The Morgan fingerprint density at radius 1 is 1.35 bits per heavy atom. The van der Waals surface area contributed by atoms with Gasteiger partial charge in [-0.25, -0.2) is 4.79 Å². The van der Waals surface area contributed by atoms with Gasteiger partial charge < -0.3 is 15.8 Å². The van der Waals surface area contributed by atoms with Crippen molar-refractivity contribution in [2.45, 2.75) is 6.04 Å². The molecule has 94 valence electrons. The second-order valence-corrected chi connectivity index (χ2v) is 3.15. The van der Waals surface area contributed by atoms with Crippen LogP contribution in [0.2, 0.25) is 0 Å². The zero-order valence-electron chi connectivity index (χ0n) is 9.38. The number of hydrogen-bond acceptors (Lipinski definition) is 4. The lowest BCUT2D eigenvalue weighted by atomic mass is 10.2. The van der Waals surface area contributed by atoms with Gasteiger partial charge in [0.15, 0.2) is 0 Å². The molecule has 0 aliphatic rings. The van der Waals surface area contributed by atoms with Crippen molar-refractivity contribution in [2.75, 3.05) is 13.7 Å². The molecule has 0 aliphatic heterocycles. The van der Waals surface area contributed by atoms with Gasteiger partial charge in [-0.1, -0.05) is 18.2 Å². The fraction of sp³-hybridized carbons (Fsp3) is 0.273. The minimum atomic E-state index is -0.808. The second-order valence-electron chi connectivity index (χ2n) is 3.15. The number of rotatable bonds is 4. The third kappa shape index (κ3) is 4.42. The summed E-state index contributed by atoms with van der Waals surface area (Å²) >= 11 is 0. The highest BCUT2D eigenvalue weighted by atomic mass is 35.5. The topological polar surface area (TPSA) is 81.4 Å². The first kappa shape index (κ1) is 15.4. The zero-order valence-corrected chi connectivity index (χ0v) is 10.2. The summed E-state index contributed by atoms with van der Waals surface area (Å²) < 4.78 is 4.51.